The Balaban J connectivity index is 2.21. The molecular weight excluding hydrogens is 332 g/mol. The minimum atomic E-state index is -0.235. The minimum absolute atomic E-state index is 0.00815. The number of nitrogens with one attached hydrogen (secondary N) is 2. The van der Waals surface area contributed by atoms with Crippen LogP contribution in [0.4, 0.5) is 16.2 Å². The van der Waals surface area contributed by atoms with Crippen LogP contribution in [-0.2, 0) is 16.1 Å². The van der Waals surface area contributed by atoms with Gasteiger partial charge >= 0.3 is 6.03 Å². The molecule has 2 rings (SSSR count). The number of rotatable bonds is 9. The number of methoxy groups -OCH3 is 1. The van der Waals surface area contributed by atoms with Crippen LogP contribution < -0.4 is 15.5 Å². The van der Waals surface area contributed by atoms with Gasteiger partial charge in [0.25, 0.3) is 0 Å². The maximum Gasteiger partial charge on any atom is 0.319 e. The third-order valence-corrected chi connectivity index (χ3v) is 4.31. The fourth-order valence-corrected chi connectivity index (χ4v) is 2.85. The van der Waals surface area contributed by atoms with Crippen LogP contribution in [0.15, 0.2) is 18.2 Å². The van der Waals surface area contributed by atoms with Crippen molar-refractivity contribution < 1.29 is 14.3 Å². The number of hydrogen-bond donors (Lipinski definition) is 2. The lowest BCUT2D eigenvalue weighted by atomic mass is 10.1. The lowest BCUT2D eigenvalue weighted by Gasteiger charge is -2.26. The number of benzene rings is 1. The SMILES string of the molecule is CCNC(=O)Nc1ccc(N(C)C)c(CN(CC2CC2)C(=O)COC)c1. The first kappa shape index (κ1) is 20.0. The topological polar surface area (TPSA) is 73.9 Å². The van der Waals surface area contributed by atoms with E-state index in [1.54, 1.807) is 0 Å². The van der Waals surface area contributed by atoms with E-state index >= 15 is 0 Å². The fraction of sp³-hybridized carbons (Fsp3) is 0.579. The summed E-state index contributed by atoms with van der Waals surface area (Å²) >= 11 is 0. The van der Waals surface area contributed by atoms with Crippen LogP contribution in [0.1, 0.15) is 25.3 Å². The Morgan fingerprint density at radius 1 is 1.27 bits per heavy atom. The average Bonchev–Trinajstić information content (AvgIpc) is 3.38. The first-order valence-corrected chi connectivity index (χ1v) is 9.06. The number of urea groups is 1. The zero-order valence-corrected chi connectivity index (χ0v) is 16.2. The lowest BCUT2D eigenvalue weighted by Crippen LogP contribution is -2.35. The van der Waals surface area contributed by atoms with Gasteiger partial charge in [-0.15, -0.1) is 0 Å². The highest BCUT2D eigenvalue weighted by Gasteiger charge is 2.27. The molecule has 0 saturated heterocycles. The van der Waals surface area contributed by atoms with E-state index in [4.69, 9.17) is 4.74 Å². The number of amides is 3. The molecule has 1 aromatic rings. The van der Waals surface area contributed by atoms with Crippen molar-refractivity contribution in [2.24, 2.45) is 5.92 Å². The normalized spacial score (nSPS) is 13.2. The fourth-order valence-electron chi connectivity index (χ4n) is 2.85. The van der Waals surface area contributed by atoms with Gasteiger partial charge in [0.15, 0.2) is 0 Å². The molecule has 0 aromatic heterocycles. The summed E-state index contributed by atoms with van der Waals surface area (Å²) in [5.74, 6) is 0.585. The Hall–Kier alpha value is -2.28. The molecule has 0 bridgehead atoms. The predicted octanol–water partition coefficient (Wildman–Crippen LogP) is 2.28. The van der Waals surface area contributed by atoms with Crippen LogP contribution >= 0.6 is 0 Å². The van der Waals surface area contributed by atoms with Crippen LogP contribution in [0, 0.1) is 5.92 Å². The van der Waals surface area contributed by atoms with Gasteiger partial charge in [-0.25, -0.2) is 4.79 Å². The highest BCUT2D eigenvalue weighted by molar-refractivity contribution is 5.89. The maximum absolute atomic E-state index is 12.4. The molecular formula is C19H30N4O3. The predicted molar refractivity (Wildman–Crippen MR) is 103 cm³/mol. The number of ether oxygens (including phenoxy) is 1. The highest BCUT2D eigenvalue weighted by Crippen LogP contribution is 2.31. The number of carbonyl (C=O) groups is 2. The number of nitrogens with zero attached hydrogens (tertiary/aromatic N) is 2. The van der Waals surface area contributed by atoms with E-state index in [0.29, 0.717) is 24.7 Å². The van der Waals surface area contributed by atoms with Gasteiger partial charge < -0.3 is 25.2 Å². The molecule has 26 heavy (non-hydrogen) atoms. The molecule has 0 unspecified atom stereocenters. The van der Waals surface area contributed by atoms with Crippen molar-refractivity contribution in [3.63, 3.8) is 0 Å². The molecule has 0 heterocycles. The van der Waals surface area contributed by atoms with Gasteiger partial charge in [-0.3, -0.25) is 4.79 Å². The zero-order chi connectivity index (χ0) is 19.1. The summed E-state index contributed by atoms with van der Waals surface area (Å²) in [5, 5.41) is 5.55. The van der Waals surface area contributed by atoms with Gasteiger partial charge in [0.2, 0.25) is 5.91 Å². The molecule has 0 spiro atoms. The largest absolute Gasteiger partial charge is 0.377 e. The molecule has 7 nitrogen and oxygen atoms in total. The van der Waals surface area contributed by atoms with Crippen LogP contribution in [0.2, 0.25) is 0 Å². The van der Waals surface area contributed by atoms with E-state index in [-0.39, 0.29) is 18.5 Å². The Labute approximate surface area is 155 Å². The van der Waals surface area contributed by atoms with Crippen molar-refractivity contribution in [3.05, 3.63) is 23.8 Å². The Bertz CT molecular complexity index is 629. The Kier molecular flexibility index (Phi) is 7.26. The molecule has 0 atom stereocenters. The summed E-state index contributed by atoms with van der Waals surface area (Å²) < 4.78 is 5.04. The molecule has 1 aliphatic rings. The number of carbonyl (C=O) groups excluding carboxylic acids is 2. The van der Waals surface area contributed by atoms with E-state index in [9.17, 15) is 9.59 Å². The second-order valence-electron chi connectivity index (χ2n) is 6.87. The summed E-state index contributed by atoms with van der Waals surface area (Å²) in [4.78, 5) is 28.1. The van der Waals surface area contributed by atoms with Crippen LogP contribution in [0.25, 0.3) is 0 Å². The van der Waals surface area contributed by atoms with Crippen molar-refractivity contribution in [1.29, 1.82) is 0 Å². The molecule has 0 radical (unpaired) electrons. The van der Waals surface area contributed by atoms with Crippen molar-refractivity contribution in [1.82, 2.24) is 10.2 Å². The molecule has 1 aliphatic carbocycles. The summed E-state index contributed by atoms with van der Waals surface area (Å²) in [6.45, 7) is 3.77. The molecule has 7 heteroatoms. The first-order chi connectivity index (χ1) is 12.4. The maximum atomic E-state index is 12.4. The highest BCUT2D eigenvalue weighted by atomic mass is 16.5. The summed E-state index contributed by atoms with van der Waals surface area (Å²) in [6.07, 6.45) is 2.35. The molecule has 1 aromatic carbocycles. The third kappa shape index (κ3) is 5.91. The second-order valence-corrected chi connectivity index (χ2v) is 6.87. The van der Waals surface area contributed by atoms with E-state index in [1.165, 1.54) is 20.0 Å². The van der Waals surface area contributed by atoms with Gasteiger partial charge in [-0.1, -0.05) is 0 Å². The standard InChI is InChI=1S/C19H30N4O3/c1-5-20-19(25)21-16-8-9-17(22(2)3)15(10-16)12-23(11-14-6-7-14)18(24)13-26-4/h8-10,14H,5-7,11-13H2,1-4H3,(H2,20,21,25). The van der Waals surface area contributed by atoms with E-state index < -0.39 is 0 Å². The monoisotopic (exact) mass is 362 g/mol. The molecule has 144 valence electrons. The molecule has 1 saturated carbocycles. The molecule has 0 aliphatic heterocycles. The molecule has 3 amide bonds. The van der Waals surface area contributed by atoms with Crippen molar-refractivity contribution >= 4 is 23.3 Å². The third-order valence-electron chi connectivity index (χ3n) is 4.31. The van der Waals surface area contributed by atoms with Crippen molar-refractivity contribution in [2.45, 2.75) is 26.3 Å². The molecule has 1 fully saturated rings. The van der Waals surface area contributed by atoms with Crippen molar-refractivity contribution in [3.8, 4) is 0 Å². The van der Waals surface area contributed by atoms with Crippen molar-refractivity contribution in [2.75, 3.05) is 51.1 Å². The number of anilines is 2. The van der Waals surface area contributed by atoms with E-state index in [0.717, 1.165) is 17.8 Å². The quantitative estimate of drug-likeness (QED) is 0.707. The van der Waals surface area contributed by atoms with E-state index in [1.807, 2.05) is 49.0 Å². The number of hydrogen-bond acceptors (Lipinski definition) is 4. The first-order valence-electron chi connectivity index (χ1n) is 9.06. The minimum Gasteiger partial charge on any atom is -0.377 e. The van der Waals surface area contributed by atoms with Gasteiger partial charge in [0, 0.05) is 52.2 Å². The second kappa shape index (κ2) is 9.43. The lowest BCUT2D eigenvalue weighted by molar-refractivity contribution is -0.136. The van der Waals surface area contributed by atoms with Gasteiger partial charge in [0.1, 0.15) is 6.61 Å². The van der Waals surface area contributed by atoms with Crippen LogP contribution in [0.3, 0.4) is 0 Å². The zero-order valence-electron chi connectivity index (χ0n) is 16.2. The Morgan fingerprint density at radius 2 is 2.00 bits per heavy atom. The summed E-state index contributed by atoms with van der Waals surface area (Å²) in [6, 6.07) is 5.54. The van der Waals surface area contributed by atoms with Gasteiger partial charge in [-0.2, -0.15) is 0 Å². The van der Waals surface area contributed by atoms with Gasteiger partial charge in [0.05, 0.1) is 0 Å². The van der Waals surface area contributed by atoms with Gasteiger partial charge in [-0.05, 0) is 49.4 Å². The van der Waals surface area contributed by atoms with E-state index in [2.05, 4.69) is 10.6 Å². The smallest absolute Gasteiger partial charge is 0.319 e. The summed E-state index contributed by atoms with van der Waals surface area (Å²) in [5.41, 5.74) is 2.73. The van der Waals surface area contributed by atoms with Crippen LogP contribution in [0.5, 0.6) is 0 Å². The summed E-state index contributed by atoms with van der Waals surface area (Å²) in [7, 11) is 5.48. The molecule has 2 N–H and O–H groups in total. The Morgan fingerprint density at radius 3 is 2.58 bits per heavy atom. The average molecular weight is 362 g/mol. The van der Waals surface area contributed by atoms with Crippen LogP contribution in [-0.4, -0.2) is 57.7 Å².